The minimum Gasteiger partial charge on any atom is -0.453 e. The molecule has 0 unspecified atom stereocenters. The highest BCUT2D eigenvalue weighted by Gasteiger charge is 2.52. The molecule has 62 heavy (non-hydrogen) atoms. The number of hydrogen-bond acceptors (Lipinski definition) is 12. The molecule has 2 aliphatic heterocycles. The Hall–Kier alpha value is -4.65. The van der Waals surface area contributed by atoms with E-state index in [1.54, 1.807) is 37.3 Å². The normalized spacial score (nSPS) is 20.9. The third-order valence-corrected chi connectivity index (χ3v) is 15.2. The molecule has 0 bridgehead atoms. The van der Waals surface area contributed by atoms with Crippen molar-refractivity contribution in [2.24, 2.45) is 28.5 Å². The number of halogens is 2. The number of piperidine rings is 1. The molecular formula is C44H60F2N8O6S2. The number of sulfone groups is 2. The van der Waals surface area contributed by atoms with Crippen LogP contribution in [-0.4, -0.2) is 121 Å². The van der Waals surface area contributed by atoms with Crippen LogP contribution >= 0.6 is 0 Å². The Morgan fingerprint density at radius 1 is 1.10 bits per heavy atom. The fourth-order valence-corrected chi connectivity index (χ4v) is 11.7. The summed E-state index contributed by atoms with van der Waals surface area (Å²) in [4.78, 5) is 26.7. The number of allylic oxidation sites excluding steroid dienone is 1. The molecule has 0 spiro atoms. The van der Waals surface area contributed by atoms with Crippen LogP contribution in [0.4, 0.5) is 19.3 Å². The van der Waals surface area contributed by atoms with E-state index in [2.05, 4.69) is 24.8 Å². The van der Waals surface area contributed by atoms with Crippen LogP contribution in [-0.2, 0) is 42.9 Å². The number of carbonyl (C=O) groups excluding carboxylic acids is 1. The number of rotatable bonds is 17. The number of amides is 1. The molecule has 2 aromatic carbocycles. The summed E-state index contributed by atoms with van der Waals surface area (Å²) in [5.41, 5.74) is 6.48. The summed E-state index contributed by atoms with van der Waals surface area (Å²) in [6.45, 7) is 6.16. The maximum atomic E-state index is 16.5. The molecule has 0 radical (unpaired) electrons. The number of carbonyl (C=O) groups is 1. The molecule has 1 aliphatic carbocycles. The molecule has 3 N–H and O–H groups in total. The van der Waals surface area contributed by atoms with Gasteiger partial charge in [-0.15, -0.1) is 0 Å². The molecule has 3 aromatic rings. The number of likely N-dealkylation sites (tertiary alicyclic amines) is 1. The Labute approximate surface area is 364 Å². The zero-order chi connectivity index (χ0) is 44.8. The Kier molecular flexibility index (Phi) is 15.0. The van der Waals surface area contributed by atoms with Crippen molar-refractivity contribution in [3.63, 3.8) is 0 Å². The first-order valence-electron chi connectivity index (χ1n) is 21.0. The van der Waals surface area contributed by atoms with Gasteiger partial charge in [-0.3, -0.25) is 4.99 Å². The molecule has 1 amide bonds. The fourth-order valence-electron chi connectivity index (χ4n) is 9.86. The van der Waals surface area contributed by atoms with E-state index < -0.39 is 37.0 Å². The van der Waals surface area contributed by atoms with E-state index in [1.165, 1.54) is 31.4 Å². The number of alkyl carbamates (subject to hydrolysis) is 1. The third-order valence-electron chi connectivity index (χ3n) is 12.7. The molecule has 1 saturated carbocycles. The van der Waals surface area contributed by atoms with Crippen LogP contribution < -0.4 is 16.0 Å². The Bertz CT molecular complexity index is 2370. The maximum absolute atomic E-state index is 16.5. The smallest absolute Gasteiger partial charge is 0.407 e. The summed E-state index contributed by atoms with van der Waals surface area (Å²) in [7, 11) is -2.83. The summed E-state index contributed by atoms with van der Waals surface area (Å²) < 4.78 is 89.2. The van der Waals surface area contributed by atoms with Crippen LogP contribution in [0, 0.1) is 36.3 Å². The van der Waals surface area contributed by atoms with Crippen LogP contribution in [0.25, 0.3) is 0 Å². The number of nitrogens with two attached hydrogens (primary N) is 1. The van der Waals surface area contributed by atoms with Gasteiger partial charge in [0.25, 0.3) is 0 Å². The highest BCUT2D eigenvalue weighted by Crippen LogP contribution is 2.52. The summed E-state index contributed by atoms with van der Waals surface area (Å²) >= 11 is 0. The van der Waals surface area contributed by atoms with E-state index in [-0.39, 0.29) is 58.1 Å². The number of nitrogens with zero attached hydrogens (tertiary/aromatic N) is 6. The van der Waals surface area contributed by atoms with E-state index in [0.717, 1.165) is 87.2 Å². The highest BCUT2D eigenvalue weighted by atomic mass is 32.2. The van der Waals surface area contributed by atoms with Crippen molar-refractivity contribution in [1.82, 2.24) is 24.7 Å². The van der Waals surface area contributed by atoms with E-state index in [9.17, 15) is 21.6 Å². The van der Waals surface area contributed by atoms with Crippen molar-refractivity contribution in [2.75, 3.05) is 71.6 Å². The summed E-state index contributed by atoms with van der Waals surface area (Å²) in [6.07, 6.45) is 11.9. The van der Waals surface area contributed by atoms with Gasteiger partial charge < -0.3 is 35.1 Å². The number of methoxy groups -OCH3 is 1. The van der Waals surface area contributed by atoms with Crippen molar-refractivity contribution >= 4 is 37.7 Å². The molecule has 3 aliphatic rings. The van der Waals surface area contributed by atoms with Gasteiger partial charge >= 0.3 is 6.09 Å². The number of aryl methyl sites for hydroxylation is 1. The summed E-state index contributed by atoms with van der Waals surface area (Å²) in [6, 6.07) is 9.75. The van der Waals surface area contributed by atoms with Crippen molar-refractivity contribution in [1.29, 1.82) is 0 Å². The summed E-state index contributed by atoms with van der Waals surface area (Å²) in [5, 5.41) is 4.11. The molecule has 3 fully saturated rings. The van der Waals surface area contributed by atoms with Crippen molar-refractivity contribution in [3.8, 4) is 0 Å². The zero-order valence-electron chi connectivity index (χ0n) is 36.2. The minimum atomic E-state index is -4.29. The van der Waals surface area contributed by atoms with Gasteiger partial charge in [-0.25, -0.2) is 35.4 Å². The first-order chi connectivity index (χ1) is 29.5. The van der Waals surface area contributed by atoms with Gasteiger partial charge in [-0.2, -0.15) is 0 Å². The molecule has 3 heterocycles. The number of benzene rings is 2. The maximum Gasteiger partial charge on any atom is 0.407 e. The minimum absolute atomic E-state index is 0.0155. The Morgan fingerprint density at radius 2 is 1.84 bits per heavy atom. The zero-order valence-corrected chi connectivity index (χ0v) is 37.8. The van der Waals surface area contributed by atoms with Gasteiger partial charge in [-0.05, 0) is 101 Å². The van der Waals surface area contributed by atoms with Crippen molar-refractivity contribution < 1.29 is 35.1 Å². The number of imidazole rings is 1. The first kappa shape index (κ1) is 46.8. The predicted octanol–water partition coefficient (Wildman–Crippen LogP) is 5.05. The SMILES string of the molecule is COC(=O)N[C@H]1CCC[C@@H]1[C@](Cn1ccnc1C)(c1cccc(F)c1)C1CCN(CC2CN(c3ccc(S(=O)(=O)/C(C=NC/C=C/S(C)(=O)=O)=C/N)c(CN(C)C)c3F)C2)CC1. The molecule has 3 atom stereocenters. The van der Waals surface area contributed by atoms with Gasteiger partial charge in [0.1, 0.15) is 16.5 Å². The van der Waals surface area contributed by atoms with Crippen LogP contribution in [0.15, 0.2) is 81.3 Å². The monoisotopic (exact) mass is 898 g/mol. The van der Waals surface area contributed by atoms with Gasteiger partial charge in [0, 0.05) is 92.1 Å². The Morgan fingerprint density at radius 3 is 2.47 bits per heavy atom. The van der Waals surface area contributed by atoms with Gasteiger partial charge in [0.15, 0.2) is 15.7 Å². The number of aliphatic imine (C=N–C) groups is 1. The van der Waals surface area contributed by atoms with Crippen LogP contribution in [0.1, 0.15) is 49.1 Å². The third kappa shape index (κ3) is 10.6. The number of aromatic nitrogens is 2. The number of ether oxygens (including phenoxy) is 1. The van der Waals surface area contributed by atoms with Crippen molar-refractivity contribution in [2.45, 2.75) is 68.5 Å². The van der Waals surface area contributed by atoms with Crippen LogP contribution in [0.5, 0.6) is 0 Å². The van der Waals surface area contributed by atoms with Gasteiger partial charge in [0.05, 0.1) is 24.2 Å². The highest BCUT2D eigenvalue weighted by molar-refractivity contribution is 7.96. The lowest BCUT2D eigenvalue weighted by atomic mass is 9.58. The molecule has 1 aromatic heterocycles. The molecule has 2 saturated heterocycles. The predicted molar refractivity (Wildman–Crippen MR) is 237 cm³/mol. The largest absolute Gasteiger partial charge is 0.453 e. The topological polar surface area (TPSA) is 173 Å². The first-order valence-corrected chi connectivity index (χ1v) is 24.5. The second kappa shape index (κ2) is 19.8. The van der Waals surface area contributed by atoms with E-state index >= 15 is 8.78 Å². The molecule has 6 rings (SSSR count). The molecular weight excluding hydrogens is 839 g/mol. The number of hydrogen-bond donors (Lipinski definition) is 2. The average Bonchev–Trinajstić information content (AvgIpc) is 3.84. The lowest BCUT2D eigenvalue weighted by molar-refractivity contribution is 0.0542. The van der Waals surface area contributed by atoms with E-state index in [0.29, 0.717) is 25.3 Å². The number of nitrogens with one attached hydrogen (secondary N) is 1. The summed E-state index contributed by atoms with van der Waals surface area (Å²) in [5.74, 6) is 0.418. The van der Waals surface area contributed by atoms with Crippen LogP contribution in [0.3, 0.4) is 0 Å². The van der Waals surface area contributed by atoms with Gasteiger partial charge in [0.2, 0.25) is 9.84 Å². The lowest BCUT2D eigenvalue weighted by Crippen LogP contribution is -2.56. The van der Waals surface area contributed by atoms with E-state index in [4.69, 9.17) is 10.5 Å². The van der Waals surface area contributed by atoms with Crippen molar-refractivity contribution in [3.05, 3.63) is 100.0 Å². The standard InChI is InChI=1S/C44H60F2N8O6S2/c1-31-49-18-21-53(31)30-44(34-9-6-10-35(45)23-34,38-11-7-12-39(38)50-43(55)60-4)33-15-19-52(20-16-33)26-32-27-54(28-32)40-13-14-41(37(42(40)46)29-51(2)3)62(58,59)36(24-47)25-48-17-8-22-61(5,56)57/h6,8-10,13-14,18,21-25,32-33,38-39H,7,11-12,15-17,19-20,26-30,47H2,1-5H3,(H,50,55)/b22-8+,36-24+,48-25?/t38-,39-,44-/m0/s1. The molecule has 18 heteroatoms. The van der Waals surface area contributed by atoms with Gasteiger partial charge in [-0.1, -0.05) is 24.6 Å². The molecule has 338 valence electrons. The average molecular weight is 899 g/mol. The Balaban J connectivity index is 1.17. The second-order valence-corrected chi connectivity index (χ2v) is 21.0. The quantitative estimate of drug-likeness (QED) is 0.174. The molecule has 14 nitrogen and oxygen atoms in total. The van der Waals surface area contributed by atoms with Crippen LogP contribution in [0.2, 0.25) is 0 Å². The fraction of sp³-hybridized carbons (Fsp3) is 0.523. The lowest BCUT2D eigenvalue weighted by Gasteiger charge is -2.51. The number of anilines is 1. The van der Waals surface area contributed by atoms with E-state index in [1.807, 2.05) is 24.1 Å². The second-order valence-electron chi connectivity index (χ2n) is 17.2.